The van der Waals surface area contributed by atoms with Crippen molar-refractivity contribution in [3.8, 4) is 11.5 Å². The maximum absolute atomic E-state index is 12.9. The molecule has 0 aliphatic rings. The smallest absolute Gasteiger partial charge is 0.162 e. The molecule has 3 N–H and O–H groups in total. The molecular weight excluding hydrogens is 348 g/mol. The van der Waals surface area contributed by atoms with E-state index < -0.39 is 0 Å². The number of benzene rings is 2. The van der Waals surface area contributed by atoms with Gasteiger partial charge in [-0.3, -0.25) is 0 Å². The van der Waals surface area contributed by atoms with E-state index in [-0.39, 0.29) is 17.3 Å². The van der Waals surface area contributed by atoms with Crippen LogP contribution in [0, 0.1) is 9.39 Å². The number of nitrogens with one attached hydrogen (secondary N) is 1. The summed E-state index contributed by atoms with van der Waals surface area (Å²) in [6.07, 6.45) is 0. The summed E-state index contributed by atoms with van der Waals surface area (Å²) >= 11 is 2.03. The largest absolute Gasteiger partial charge is 0.504 e. The van der Waals surface area contributed by atoms with E-state index in [1.165, 1.54) is 18.2 Å². The van der Waals surface area contributed by atoms with Crippen LogP contribution in [0.15, 0.2) is 36.4 Å². The highest BCUT2D eigenvalue weighted by molar-refractivity contribution is 14.1. The van der Waals surface area contributed by atoms with E-state index >= 15 is 0 Å². The molecule has 94 valence electrons. The zero-order valence-electron chi connectivity index (χ0n) is 9.32. The lowest BCUT2D eigenvalue weighted by Gasteiger charge is -2.10. The summed E-state index contributed by atoms with van der Waals surface area (Å²) in [5.41, 5.74) is 1.36. The second-order valence-electron chi connectivity index (χ2n) is 3.76. The fraction of sp³-hybridized carbons (Fsp3) is 0.0769. The van der Waals surface area contributed by atoms with E-state index in [1.807, 2.05) is 22.6 Å². The summed E-state index contributed by atoms with van der Waals surface area (Å²) in [7, 11) is 0. The number of halogens is 2. The van der Waals surface area contributed by atoms with Crippen LogP contribution in [0.2, 0.25) is 0 Å². The summed E-state index contributed by atoms with van der Waals surface area (Å²) in [6.45, 7) is 0.349. The first-order chi connectivity index (χ1) is 8.58. The van der Waals surface area contributed by atoms with Crippen molar-refractivity contribution in [1.29, 1.82) is 0 Å². The molecule has 5 heteroatoms. The lowest BCUT2D eigenvalue weighted by Crippen LogP contribution is -2.01. The van der Waals surface area contributed by atoms with Gasteiger partial charge in [-0.1, -0.05) is 12.1 Å². The highest BCUT2D eigenvalue weighted by Gasteiger charge is 2.06. The van der Waals surface area contributed by atoms with Gasteiger partial charge in [-0.25, -0.2) is 4.39 Å². The molecule has 3 nitrogen and oxygen atoms in total. The fourth-order valence-electron chi connectivity index (χ4n) is 1.54. The highest BCUT2D eigenvalue weighted by Crippen LogP contribution is 2.29. The number of phenols is 2. The molecule has 0 aromatic heterocycles. The summed E-state index contributed by atoms with van der Waals surface area (Å²) in [5, 5.41) is 22.1. The molecule has 0 saturated carbocycles. The van der Waals surface area contributed by atoms with Gasteiger partial charge >= 0.3 is 0 Å². The second-order valence-corrected chi connectivity index (χ2v) is 4.92. The quantitative estimate of drug-likeness (QED) is 0.581. The molecule has 0 fully saturated rings. The Morgan fingerprint density at radius 3 is 2.67 bits per heavy atom. The summed E-state index contributed by atoms with van der Waals surface area (Å²) in [5.74, 6) is -0.574. The van der Waals surface area contributed by atoms with Crippen LogP contribution in [-0.4, -0.2) is 10.2 Å². The van der Waals surface area contributed by atoms with Gasteiger partial charge in [-0.05, 0) is 46.9 Å². The maximum Gasteiger partial charge on any atom is 0.162 e. The van der Waals surface area contributed by atoms with Gasteiger partial charge in [0.1, 0.15) is 5.82 Å². The van der Waals surface area contributed by atoms with E-state index in [4.69, 9.17) is 0 Å². The Hall–Kier alpha value is -1.50. The van der Waals surface area contributed by atoms with Crippen molar-refractivity contribution < 1.29 is 14.6 Å². The highest BCUT2D eigenvalue weighted by atomic mass is 127. The van der Waals surface area contributed by atoms with Crippen LogP contribution in [0.4, 0.5) is 10.1 Å². The van der Waals surface area contributed by atoms with Gasteiger partial charge in [0.15, 0.2) is 11.5 Å². The van der Waals surface area contributed by atoms with E-state index in [0.29, 0.717) is 12.1 Å². The van der Waals surface area contributed by atoms with Gasteiger partial charge in [0.25, 0.3) is 0 Å². The van der Waals surface area contributed by atoms with Gasteiger partial charge in [-0.15, -0.1) is 0 Å². The van der Waals surface area contributed by atoms with Crippen LogP contribution in [0.25, 0.3) is 0 Å². The zero-order valence-corrected chi connectivity index (χ0v) is 11.5. The lowest BCUT2D eigenvalue weighted by molar-refractivity contribution is 0.400. The number of hydrogen-bond donors (Lipinski definition) is 3. The molecule has 2 aromatic carbocycles. The van der Waals surface area contributed by atoms with Crippen molar-refractivity contribution in [3.63, 3.8) is 0 Å². The minimum atomic E-state index is -0.287. The van der Waals surface area contributed by atoms with Gasteiger partial charge in [0.05, 0.1) is 0 Å². The van der Waals surface area contributed by atoms with Gasteiger partial charge < -0.3 is 15.5 Å². The standard InChI is InChI=1S/C13H11FINO2/c14-9-4-5-11(10(15)6-9)16-7-8-2-1-3-12(17)13(8)18/h1-6,16-18H,7H2. The molecule has 0 bridgehead atoms. The fourth-order valence-corrected chi connectivity index (χ4v) is 2.21. The topological polar surface area (TPSA) is 52.5 Å². The molecular formula is C13H11FINO2. The average molecular weight is 359 g/mol. The van der Waals surface area contributed by atoms with Crippen molar-refractivity contribution in [1.82, 2.24) is 0 Å². The second kappa shape index (κ2) is 5.43. The SMILES string of the molecule is Oc1cccc(CNc2ccc(F)cc2I)c1O. The van der Waals surface area contributed by atoms with Crippen LogP contribution in [0.3, 0.4) is 0 Å². The predicted molar refractivity (Wildman–Crippen MR) is 76.2 cm³/mol. The van der Waals surface area contributed by atoms with Crippen molar-refractivity contribution in [2.45, 2.75) is 6.54 Å². The van der Waals surface area contributed by atoms with Gasteiger partial charge in [0.2, 0.25) is 0 Å². The first kappa shape index (κ1) is 12.9. The van der Waals surface area contributed by atoms with E-state index in [9.17, 15) is 14.6 Å². The molecule has 2 aromatic rings. The van der Waals surface area contributed by atoms with Crippen molar-refractivity contribution in [2.75, 3.05) is 5.32 Å². The molecule has 18 heavy (non-hydrogen) atoms. The number of aromatic hydroxyl groups is 2. The van der Waals surface area contributed by atoms with Crippen molar-refractivity contribution in [2.24, 2.45) is 0 Å². The molecule has 0 aliphatic heterocycles. The monoisotopic (exact) mass is 359 g/mol. The Morgan fingerprint density at radius 2 is 1.94 bits per heavy atom. The maximum atomic E-state index is 12.9. The third kappa shape index (κ3) is 2.84. The van der Waals surface area contributed by atoms with E-state index in [0.717, 1.165) is 9.26 Å². The average Bonchev–Trinajstić information content (AvgIpc) is 2.33. The van der Waals surface area contributed by atoms with Crippen LogP contribution in [-0.2, 0) is 6.54 Å². The van der Waals surface area contributed by atoms with Crippen LogP contribution >= 0.6 is 22.6 Å². The molecule has 0 aliphatic carbocycles. The Morgan fingerprint density at radius 1 is 1.17 bits per heavy atom. The third-order valence-electron chi connectivity index (χ3n) is 2.50. The Bertz CT molecular complexity index is 575. The van der Waals surface area contributed by atoms with E-state index in [2.05, 4.69) is 5.32 Å². The summed E-state index contributed by atoms with van der Waals surface area (Å²) in [6, 6.07) is 9.20. The van der Waals surface area contributed by atoms with Gasteiger partial charge in [0, 0.05) is 21.4 Å². The number of hydrogen-bond acceptors (Lipinski definition) is 3. The van der Waals surface area contributed by atoms with Crippen molar-refractivity contribution in [3.05, 3.63) is 51.3 Å². The first-order valence-electron chi connectivity index (χ1n) is 5.26. The molecule has 0 atom stereocenters. The summed E-state index contributed by atoms with van der Waals surface area (Å²) < 4.78 is 13.7. The molecule has 2 rings (SSSR count). The minimum absolute atomic E-state index is 0.137. The third-order valence-corrected chi connectivity index (χ3v) is 3.39. The Balaban J connectivity index is 2.14. The lowest BCUT2D eigenvalue weighted by atomic mass is 10.2. The molecule has 0 radical (unpaired) electrons. The van der Waals surface area contributed by atoms with Crippen molar-refractivity contribution >= 4 is 28.3 Å². The summed E-state index contributed by atoms with van der Waals surface area (Å²) in [4.78, 5) is 0. The predicted octanol–water partition coefficient (Wildman–Crippen LogP) is 3.45. The normalized spacial score (nSPS) is 10.3. The van der Waals surface area contributed by atoms with E-state index in [1.54, 1.807) is 18.2 Å². The molecule has 0 unspecified atom stereocenters. The first-order valence-corrected chi connectivity index (χ1v) is 6.34. The molecule has 0 amide bonds. The molecule has 0 heterocycles. The molecule has 0 saturated heterocycles. The Kier molecular flexibility index (Phi) is 3.90. The number of para-hydroxylation sites is 1. The zero-order chi connectivity index (χ0) is 13.1. The van der Waals surface area contributed by atoms with Gasteiger partial charge in [-0.2, -0.15) is 0 Å². The number of rotatable bonds is 3. The Labute approximate surface area is 117 Å². The van der Waals surface area contributed by atoms with Crippen LogP contribution < -0.4 is 5.32 Å². The minimum Gasteiger partial charge on any atom is -0.504 e. The molecule has 0 spiro atoms. The number of phenolic OH excluding ortho intramolecular Hbond substituents is 2. The van der Waals surface area contributed by atoms with Crippen LogP contribution in [0.5, 0.6) is 11.5 Å². The number of anilines is 1. The van der Waals surface area contributed by atoms with Crippen LogP contribution in [0.1, 0.15) is 5.56 Å².